The van der Waals surface area contributed by atoms with Crippen molar-refractivity contribution in [2.45, 2.75) is 39.3 Å². The Labute approximate surface area is 417 Å². The summed E-state index contributed by atoms with van der Waals surface area (Å²) in [6, 6.07) is 84.4. The maximum Gasteiger partial charge on any atom is 0.225 e. The topological polar surface area (TPSA) is 61.6 Å². The molecular formula is C63H51N9. The van der Waals surface area contributed by atoms with Crippen LogP contribution >= 0.6 is 0 Å². The van der Waals surface area contributed by atoms with Crippen molar-refractivity contribution >= 4 is 67.5 Å². The summed E-state index contributed by atoms with van der Waals surface area (Å²) in [4.78, 5) is 23.8. The van der Waals surface area contributed by atoms with E-state index in [0.717, 1.165) is 107 Å². The number of fused-ring (bicyclic) bond motifs is 12. The summed E-state index contributed by atoms with van der Waals surface area (Å²) in [7, 11) is 0. The number of rotatable bonds is 15. The number of hydrogen-bond donors (Lipinski definition) is 0. The number of aromatic nitrogens is 6. The van der Waals surface area contributed by atoms with Gasteiger partial charge in [0.15, 0.2) is 0 Å². The van der Waals surface area contributed by atoms with Crippen molar-refractivity contribution in [1.29, 1.82) is 0 Å². The number of hydrogen-bond acceptors (Lipinski definition) is 6. The highest BCUT2D eigenvalue weighted by atomic mass is 15.3. The smallest absolute Gasteiger partial charge is 0.225 e. The Morgan fingerprint density at radius 1 is 0.250 bits per heavy atom. The molecule has 72 heavy (non-hydrogen) atoms. The van der Waals surface area contributed by atoms with Gasteiger partial charge in [-0.1, -0.05) is 182 Å². The van der Waals surface area contributed by atoms with Crippen molar-refractivity contribution in [1.82, 2.24) is 28.2 Å². The van der Waals surface area contributed by atoms with Gasteiger partial charge in [-0.3, -0.25) is 0 Å². The SMILES string of the molecule is c1ccc(CN(Cc2ccccc2)c2ccc3nc4n(c3c2)c2nc3ccc(N(Cc5ccccc5)Cc5ccccc5)cc3n2c2nc3ccc(N(Cc5ccccc5)Cc5ccccc5)cc3n42)cc1. The van der Waals surface area contributed by atoms with E-state index in [9.17, 15) is 0 Å². The van der Waals surface area contributed by atoms with Crippen LogP contribution < -0.4 is 14.7 Å². The lowest BCUT2D eigenvalue weighted by Crippen LogP contribution is -2.22. The third-order valence-corrected chi connectivity index (χ3v) is 13.9. The van der Waals surface area contributed by atoms with Crippen LogP contribution in [0, 0.1) is 0 Å². The molecule has 0 bridgehead atoms. The summed E-state index contributed by atoms with van der Waals surface area (Å²) in [5.74, 6) is 2.26. The van der Waals surface area contributed by atoms with Crippen molar-refractivity contribution in [2.24, 2.45) is 0 Å². The molecule has 4 aromatic heterocycles. The first-order chi connectivity index (χ1) is 35.6. The van der Waals surface area contributed by atoms with Gasteiger partial charge < -0.3 is 14.7 Å². The van der Waals surface area contributed by atoms with Gasteiger partial charge in [0.1, 0.15) is 0 Å². The lowest BCUT2D eigenvalue weighted by Gasteiger charge is -2.25. The molecule has 13 rings (SSSR count). The van der Waals surface area contributed by atoms with Crippen LogP contribution in [0.15, 0.2) is 237 Å². The Kier molecular flexibility index (Phi) is 11.1. The zero-order valence-electron chi connectivity index (χ0n) is 39.8. The highest BCUT2D eigenvalue weighted by Gasteiger charge is 2.24. The van der Waals surface area contributed by atoms with Gasteiger partial charge in [-0.05, 0) is 88.0 Å². The minimum atomic E-state index is 0.744. The molecule has 0 saturated carbocycles. The predicted molar refractivity (Wildman–Crippen MR) is 294 cm³/mol. The summed E-state index contributed by atoms with van der Waals surface area (Å²) in [5.41, 5.74) is 16.3. The fraction of sp³-hybridized carbons (Fsp3) is 0.0952. The van der Waals surface area contributed by atoms with Crippen LogP contribution in [-0.2, 0) is 39.3 Å². The van der Waals surface area contributed by atoms with E-state index >= 15 is 0 Å². The van der Waals surface area contributed by atoms with Gasteiger partial charge in [0.25, 0.3) is 0 Å². The molecule has 348 valence electrons. The molecule has 0 amide bonds. The monoisotopic (exact) mass is 933 g/mol. The normalized spacial score (nSPS) is 11.7. The van der Waals surface area contributed by atoms with Crippen molar-refractivity contribution in [3.63, 3.8) is 0 Å². The molecular weight excluding hydrogens is 883 g/mol. The highest BCUT2D eigenvalue weighted by molar-refractivity contribution is 5.94. The summed E-state index contributed by atoms with van der Waals surface area (Å²) in [5, 5.41) is 0. The standard InChI is InChI=1S/C63H51N9/c1-7-19-46(20-8-1)40-67(41-47-21-9-2-10-22-47)52-31-34-55-58(37-52)70-61(64-55)71-60-39-54(69(44-50-27-15-5-16-28-50)45-51-29-17-6-18-30-51)33-36-57(60)66-63(71)72-59-38-53(32-35-56(59)65-62(70)72)68(42-48-23-11-3-12-24-48)43-49-25-13-4-14-26-49/h1-39H,40-45H2. The first-order valence-corrected chi connectivity index (χ1v) is 24.7. The molecule has 4 heterocycles. The van der Waals surface area contributed by atoms with Crippen LogP contribution in [0.25, 0.3) is 50.4 Å². The molecule has 0 radical (unpaired) electrons. The Balaban J connectivity index is 1.04. The number of anilines is 3. The summed E-state index contributed by atoms with van der Waals surface area (Å²) >= 11 is 0. The van der Waals surface area contributed by atoms with E-state index in [-0.39, 0.29) is 0 Å². The van der Waals surface area contributed by atoms with Gasteiger partial charge in [-0.2, -0.15) is 0 Å². The van der Waals surface area contributed by atoms with Crippen LogP contribution in [0.1, 0.15) is 33.4 Å². The van der Waals surface area contributed by atoms with Crippen LogP contribution in [0.5, 0.6) is 0 Å². The molecule has 0 aliphatic rings. The number of benzene rings is 9. The first kappa shape index (κ1) is 42.9. The molecule has 0 N–H and O–H groups in total. The lowest BCUT2D eigenvalue weighted by atomic mass is 10.1. The molecule has 13 aromatic rings. The zero-order valence-corrected chi connectivity index (χ0v) is 39.8. The summed E-state index contributed by atoms with van der Waals surface area (Å²) in [6.07, 6.45) is 0. The molecule has 0 saturated heterocycles. The molecule has 0 fully saturated rings. The molecule has 9 heteroatoms. The van der Waals surface area contributed by atoms with E-state index in [1.807, 2.05) is 0 Å². The van der Waals surface area contributed by atoms with Crippen LogP contribution in [-0.4, -0.2) is 28.2 Å². The third-order valence-electron chi connectivity index (χ3n) is 13.9. The maximum absolute atomic E-state index is 5.50. The van der Waals surface area contributed by atoms with Gasteiger partial charge in [-0.25, -0.2) is 28.2 Å². The van der Waals surface area contributed by atoms with Gasteiger partial charge in [0.05, 0.1) is 33.1 Å². The Morgan fingerprint density at radius 2 is 0.458 bits per heavy atom. The summed E-state index contributed by atoms with van der Waals surface area (Å²) < 4.78 is 6.75. The number of imidazole rings is 3. The minimum absolute atomic E-state index is 0.744. The van der Waals surface area contributed by atoms with Crippen molar-refractivity contribution in [3.05, 3.63) is 270 Å². The third kappa shape index (κ3) is 8.30. The van der Waals surface area contributed by atoms with E-state index in [1.54, 1.807) is 0 Å². The van der Waals surface area contributed by atoms with Crippen molar-refractivity contribution in [2.75, 3.05) is 14.7 Å². The van der Waals surface area contributed by atoms with Gasteiger partial charge in [-0.15, -0.1) is 0 Å². The average molecular weight is 934 g/mol. The fourth-order valence-electron chi connectivity index (χ4n) is 10.3. The predicted octanol–water partition coefficient (Wildman–Crippen LogP) is 13.7. The zero-order chi connectivity index (χ0) is 47.8. The van der Waals surface area contributed by atoms with E-state index in [4.69, 9.17) is 15.0 Å². The van der Waals surface area contributed by atoms with E-state index in [2.05, 4.69) is 264 Å². The van der Waals surface area contributed by atoms with E-state index in [1.165, 1.54) is 33.4 Å². The Morgan fingerprint density at radius 3 is 0.667 bits per heavy atom. The second-order valence-corrected chi connectivity index (χ2v) is 18.7. The van der Waals surface area contributed by atoms with E-state index in [0.29, 0.717) is 0 Å². The van der Waals surface area contributed by atoms with Crippen LogP contribution in [0.2, 0.25) is 0 Å². The summed E-state index contributed by atoms with van der Waals surface area (Å²) in [6.45, 7) is 4.46. The van der Waals surface area contributed by atoms with Crippen LogP contribution in [0.4, 0.5) is 17.1 Å². The second-order valence-electron chi connectivity index (χ2n) is 18.7. The minimum Gasteiger partial charge on any atom is -0.363 e. The molecule has 0 atom stereocenters. The average Bonchev–Trinajstić information content (AvgIpc) is 4.13. The maximum atomic E-state index is 5.50. The highest BCUT2D eigenvalue weighted by Crippen LogP contribution is 2.35. The Bertz CT molecular complexity index is 3410. The first-order valence-electron chi connectivity index (χ1n) is 24.7. The molecule has 0 unspecified atom stereocenters. The quantitative estimate of drug-likeness (QED) is 0.102. The van der Waals surface area contributed by atoms with E-state index < -0.39 is 0 Å². The van der Waals surface area contributed by atoms with Gasteiger partial charge in [0, 0.05) is 56.3 Å². The van der Waals surface area contributed by atoms with Gasteiger partial charge in [0.2, 0.25) is 17.3 Å². The second kappa shape index (κ2) is 18.6. The largest absolute Gasteiger partial charge is 0.363 e. The molecule has 0 spiro atoms. The molecule has 0 aliphatic heterocycles. The molecule has 0 aliphatic carbocycles. The van der Waals surface area contributed by atoms with Crippen LogP contribution in [0.3, 0.4) is 0 Å². The van der Waals surface area contributed by atoms with Crippen molar-refractivity contribution in [3.8, 4) is 0 Å². The molecule has 9 aromatic carbocycles. The number of nitrogens with zero attached hydrogens (tertiary/aromatic N) is 9. The lowest BCUT2D eigenvalue weighted by molar-refractivity contribution is 0.800. The fourth-order valence-corrected chi connectivity index (χ4v) is 10.3. The van der Waals surface area contributed by atoms with Gasteiger partial charge >= 0.3 is 0 Å². The Hall–Kier alpha value is -9.21. The van der Waals surface area contributed by atoms with Crippen molar-refractivity contribution < 1.29 is 0 Å². The molecule has 9 nitrogen and oxygen atoms in total.